The Hall–Kier alpha value is -4.82. The van der Waals surface area contributed by atoms with Gasteiger partial charge in [-0.05, 0) is 51.4 Å². The number of hydrogen-bond acceptors (Lipinski definition) is 7. The summed E-state index contributed by atoms with van der Waals surface area (Å²) in [6.45, 7) is 0. The highest BCUT2D eigenvalue weighted by Gasteiger charge is 2.37. The van der Waals surface area contributed by atoms with Gasteiger partial charge in [-0.3, -0.25) is 0 Å². The van der Waals surface area contributed by atoms with Crippen LogP contribution < -0.4 is 10.4 Å². The molecule has 0 saturated carbocycles. The van der Waals surface area contributed by atoms with E-state index in [1.807, 2.05) is 53.2 Å². The topological polar surface area (TPSA) is 82.5 Å². The van der Waals surface area contributed by atoms with E-state index in [-0.39, 0.29) is 0 Å². The Morgan fingerprint density at radius 3 is 2.68 bits per heavy atom. The number of rotatable bonds is 2. The maximum Gasteiger partial charge on any atom is 0.344 e. The van der Waals surface area contributed by atoms with Crippen LogP contribution in [0, 0.1) is 0 Å². The molecule has 0 bridgehead atoms. The number of benzene rings is 3. The van der Waals surface area contributed by atoms with Crippen molar-refractivity contribution in [1.29, 1.82) is 0 Å². The second-order valence-electron chi connectivity index (χ2n) is 8.95. The highest BCUT2D eigenvalue weighted by atomic mass is 32.1. The van der Waals surface area contributed by atoms with Crippen molar-refractivity contribution in [2.24, 2.45) is 0 Å². The maximum absolute atomic E-state index is 13.4. The van der Waals surface area contributed by atoms with Crippen LogP contribution in [0.25, 0.3) is 38.8 Å². The van der Waals surface area contributed by atoms with Crippen LogP contribution in [0.2, 0.25) is 0 Å². The minimum absolute atomic E-state index is 0.407. The van der Waals surface area contributed by atoms with Crippen LogP contribution in [0.1, 0.15) is 22.6 Å². The normalized spacial score (nSPS) is 14.5. The molecule has 0 radical (unpaired) electrons. The van der Waals surface area contributed by atoms with Gasteiger partial charge in [0.15, 0.2) is 17.2 Å². The van der Waals surface area contributed by atoms with E-state index < -0.39 is 11.5 Å². The molecule has 8 heteroatoms. The fraction of sp³-hybridized carbons (Fsp3) is 0.0345. The van der Waals surface area contributed by atoms with Crippen molar-refractivity contribution in [2.45, 2.75) is 5.92 Å². The van der Waals surface area contributed by atoms with Crippen molar-refractivity contribution in [3.8, 4) is 23.0 Å². The summed E-state index contributed by atoms with van der Waals surface area (Å²) in [4.78, 5) is 22.9. The van der Waals surface area contributed by atoms with Gasteiger partial charge in [-0.15, -0.1) is 5.10 Å². The Morgan fingerprint density at radius 2 is 1.78 bits per heavy atom. The first-order chi connectivity index (χ1) is 18.2. The van der Waals surface area contributed by atoms with Crippen molar-refractivity contribution < 1.29 is 9.15 Å². The molecule has 0 N–H and O–H groups in total. The van der Waals surface area contributed by atoms with E-state index in [2.05, 4.69) is 29.2 Å². The lowest BCUT2D eigenvalue weighted by Gasteiger charge is -2.26. The Labute approximate surface area is 213 Å². The summed E-state index contributed by atoms with van der Waals surface area (Å²) < 4.78 is 13.7. The molecule has 37 heavy (non-hydrogen) atoms. The fourth-order valence-electron chi connectivity index (χ4n) is 5.15. The average molecular weight is 501 g/mol. The van der Waals surface area contributed by atoms with Gasteiger partial charge < -0.3 is 9.15 Å². The van der Waals surface area contributed by atoms with Crippen LogP contribution in [0.5, 0.6) is 11.6 Å². The summed E-state index contributed by atoms with van der Waals surface area (Å²) in [7, 11) is 0. The van der Waals surface area contributed by atoms with E-state index in [1.54, 1.807) is 28.2 Å². The molecule has 4 aromatic heterocycles. The number of fused-ring (bicyclic) bond motifs is 7. The lowest BCUT2D eigenvalue weighted by atomic mass is 9.85. The molecule has 0 spiro atoms. The van der Waals surface area contributed by atoms with E-state index in [0.29, 0.717) is 39.8 Å². The van der Waals surface area contributed by atoms with E-state index in [1.165, 1.54) is 0 Å². The highest BCUT2D eigenvalue weighted by molar-refractivity contribution is 7.08. The Morgan fingerprint density at radius 1 is 0.919 bits per heavy atom. The molecule has 0 aliphatic carbocycles. The van der Waals surface area contributed by atoms with Gasteiger partial charge in [0.25, 0.3) is 0 Å². The summed E-state index contributed by atoms with van der Waals surface area (Å²) in [5.74, 6) is 0.989. The zero-order valence-electron chi connectivity index (χ0n) is 19.2. The molecule has 5 heterocycles. The van der Waals surface area contributed by atoms with Crippen LogP contribution in [0.15, 0.2) is 99.1 Å². The summed E-state index contributed by atoms with van der Waals surface area (Å²) >= 11 is 1.56. The van der Waals surface area contributed by atoms with Crippen molar-refractivity contribution in [3.05, 3.63) is 117 Å². The zero-order valence-corrected chi connectivity index (χ0v) is 20.0. The number of para-hydroxylation sites is 1. The summed E-state index contributed by atoms with van der Waals surface area (Å²) in [5.41, 5.74) is 3.59. The summed E-state index contributed by atoms with van der Waals surface area (Å²) in [6.07, 6.45) is 1.61. The molecule has 0 saturated heterocycles. The van der Waals surface area contributed by atoms with Crippen molar-refractivity contribution >= 4 is 38.7 Å². The molecule has 7 aromatic rings. The fourth-order valence-corrected chi connectivity index (χ4v) is 5.84. The Kier molecular flexibility index (Phi) is 4.18. The van der Waals surface area contributed by atoms with E-state index in [9.17, 15) is 4.79 Å². The number of nitrogens with zero attached hydrogens (tertiary/aromatic N) is 4. The van der Waals surface area contributed by atoms with Crippen LogP contribution in [0.3, 0.4) is 0 Å². The SMILES string of the molecule is O=c1oc2ccccc2c2c1C(c1ccsc1)c1c(ncn3nc(-c4ccc5ccccc5c4)nc13)O2. The molecule has 8 rings (SSSR count). The van der Waals surface area contributed by atoms with Gasteiger partial charge >= 0.3 is 5.63 Å². The third-order valence-corrected chi connectivity index (χ3v) is 7.55. The van der Waals surface area contributed by atoms with Crippen molar-refractivity contribution in [3.63, 3.8) is 0 Å². The molecule has 1 aliphatic rings. The summed E-state index contributed by atoms with van der Waals surface area (Å²) in [6, 6.07) is 23.7. The van der Waals surface area contributed by atoms with Gasteiger partial charge in [0.05, 0.1) is 22.4 Å². The molecular weight excluding hydrogens is 484 g/mol. The van der Waals surface area contributed by atoms with E-state index >= 15 is 0 Å². The number of ether oxygens (including phenoxy) is 1. The van der Waals surface area contributed by atoms with Crippen LogP contribution in [-0.4, -0.2) is 19.6 Å². The quantitative estimate of drug-likeness (QED) is 0.256. The standard InChI is InChI=1S/C29H16N4O3S/c34-29-23-22(19-11-12-37-14-19)24-27-31-26(18-10-9-16-5-1-2-6-17(16)13-18)32-33(27)15-30-28(24)36-25(23)20-7-3-4-8-21(20)35-29/h1-15,22H. The van der Waals surface area contributed by atoms with Crippen molar-refractivity contribution in [2.75, 3.05) is 0 Å². The predicted molar refractivity (Wildman–Crippen MR) is 142 cm³/mol. The molecular formula is C29H16N4O3S. The van der Waals surface area contributed by atoms with E-state index in [0.717, 1.165) is 27.3 Å². The van der Waals surface area contributed by atoms with E-state index in [4.69, 9.17) is 19.2 Å². The molecule has 1 unspecified atom stereocenters. The smallest absolute Gasteiger partial charge is 0.344 e. The second kappa shape index (κ2) is 7.59. The molecule has 3 aromatic carbocycles. The Balaban J connectivity index is 1.40. The first-order valence-corrected chi connectivity index (χ1v) is 12.7. The van der Waals surface area contributed by atoms with Crippen LogP contribution >= 0.6 is 11.3 Å². The van der Waals surface area contributed by atoms with Crippen LogP contribution in [-0.2, 0) is 0 Å². The predicted octanol–water partition coefficient (Wildman–Crippen LogP) is 6.40. The highest BCUT2D eigenvalue weighted by Crippen LogP contribution is 2.49. The molecule has 176 valence electrons. The summed E-state index contributed by atoms with van der Waals surface area (Å²) in [5, 5.41) is 11.7. The monoisotopic (exact) mass is 500 g/mol. The van der Waals surface area contributed by atoms with Gasteiger partial charge in [-0.25, -0.2) is 19.3 Å². The minimum atomic E-state index is -0.462. The molecule has 0 fully saturated rings. The number of thiophene rings is 1. The lowest BCUT2D eigenvalue weighted by molar-refractivity contribution is 0.422. The van der Waals surface area contributed by atoms with Gasteiger partial charge in [-0.2, -0.15) is 11.3 Å². The number of aromatic nitrogens is 4. The third kappa shape index (κ3) is 2.99. The molecule has 1 aliphatic heterocycles. The van der Waals surface area contributed by atoms with Gasteiger partial charge in [0.2, 0.25) is 5.88 Å². The largest absolute Gasteiger partial charge is 0.437 e. The minimum Gasteiger partial charge on any atom is -0.437 e. The molecule has 7 nitrogen and oxygen atoms in total. The van der Waals surface area contributed by atoms with Gasteiger partial charge in [0.1, 0.15) is 11.9 Å². The second-order valence-corrected chi connectivity index (χ2v) is 9.73. The first-order valence-electron chi connectivity index (χ1n) is 11.7. The third-order valence-electron chi connectivity index (χ3n) is 6.85. The van der Waals surface area contributed by atoms with Gasteiger partial charge in [0, 0.05) is 5.56 Å². The molecule has 1 atom stereocenters. The molecule has 0 amide bonds. The number of hydrogen-bond donors (Lipinski definition) is 0. The van der Waals surface area contributed by atoms with Crippen LogP contribution in [0.4, 0.5) is 0 Å². The average Bonchev–Trinajstić information content (AvgIpc) is 3.62. The lowest BCUT2D eigenvalue weighted by Crippen LogP contribution is -2.22. The Bertz CT molecular complexity index is 2060. The first kappa shape index (κ1) is 20.4. The zero-order chi connectivity index (χ0) is 24.5. The van der Waals surface area contributed by atoms with Crippen molar-refractivity contribution in [1.82, 2.24) is 19.6 Å². The maximum atomic E-state index is 13.4. The van der Waals surface area contributed by atoms with Gasteiger partial charge in [-0.1, -0.05) is 48.5 Å².